The third-order valence-corrected chi connectivity index (χ3v) is 11.7. The van der Waals surface area contributed by atoms with Gasteiger partial charge in [-0.1, -0.05) is 140 Å². The minimum absolute atomic E-state index is 0.586. The highest BCUT2D eigenvalue weighted by atomic mass is 32.1. The van der Waals surface area contributed by atoms with Gasteiger partial charge in [-0.05, 0) is 70.8 Å². The van der Waals surface area contributed by atoms with Crippen molar-refractivity contribution in [1.82, 2.24) is 15.0 Å². The zero-order valence-corrected chi connectivity index (χ0v) is 30.9. The molecule has 11 rings (SSSR count). The van der Waals surface area contributed by atoms with E-state index in [0.29, 0.717) is 17.5 Å². The van der Waals surface area contributed by atoms with E-state index < -0.39 is 0 Å². The van der Waals surface area contributed by atoms with Crippen LogP contribution < -0.4 is 0 Å². The molecule has 3 aromatic heterocycles. The van der Waals surface area contributed by atoms with E-state index in [-0.39, 0.29) is 0 Å². The number of hydrogen-bond donors (Lipinski definition) is 0. The second kappa shape index (κ2) is 13.3. The predicted octanol–water partition coefficient (Wildman–Crippen LogP) is 14.1. The summed E-state index contributed by atoms with van der Waals surface area (Å²) in [6, 6.07) is 65.6. The number of nitrogens with zero attached hydrogens (tertiary/aromatic N) is 3. The first kappa shape index (κ1) is 32.2. The van der Waals surface area contributed by atoms with E-state index in [2.05, 4.69) is 158 Å². The molecule has 0 fully saturated rings. The van der Waals surface area contributed by atoms with Crippen LogP contribution in [0.3, 0.4) is 0 Å². The number of rotatable bonds is 6. The summed E-state index contributed by atoms with van der Waals surface area (Å²) in [6.45, 7) is 0. The second-order valence-corrected chi connectivity index (χ2v) is 15.0. The van der Waals surface area contributed by atoms with Gasteiger partial charge in [-0.3, -0.25) is 0 Å². The molecule has 0 amide bonds. The molecule has 0 aliphatic rings. The Kier molecular flexibility index (Phi) is 7.64. The van der Waals surface area contributed by atoms with Crippen LogP contribution in [-0.4, -0.2) is 15.0 Å². The maximum Gasteiger partial charge on any atom is 0.164 e. The Bertz CT molecular complexity index is 3230. The zero-order valence-electron chi connectivity index (χ0n) is 30.1. The molecule has 0 atom stereocenters. The van der Waals surface area contributed by atoms with Gasteiger partial charge in [0.25, 0.3) is 0 Å². The summed E-state index contributed by atoms with van der Waals surface area (Å²) < 4.78 is 9.61. The van der Waals surface area contributed by atoms with E-state index in [9.17, 15) is 0 Å². The van der Waals surface area contributed by atoms with E-state index in [4.69, 9.17) is 19.4 Å². The second-order valence-electron chi connectivity index (χ2n) is 13.9. The fraction of sp³-hybridized carbons (Fsp3) is 0. The molecule has 4 nitrogen and oxygen atoms in total. The van der Waals surface area contributed by atoms with Crippen LogP contribution in [0.1, 0.15) is 0 Å². The van der Waals surface area contributed by atoms with Crippen molar-refractivity contribution in [3.8, 4) is 67.5 Å². The van der Waals surface area contributed by atoms with Gasteiger partial charge in [0.2, 0.25) is 0 Å². The first-order valence-electron chi connectivity index (χ1n) is 18.7. The van der Waals surface area contributed by atoms with E-state index in [1.807, 2.05) is 30.3 Å². The Balaban J connectivity index is 1.23. The highest BCUT2D eigenvalue weighted by Crippen LogP contribution is 2.46. The maximum absolute atomic E-state index is 7.12. The highest BCUT2D eigenvalue weighted by Gasteiger charge is 2.23. The quantitative estimate of drug-likeness (QED) is 0.171. The minimum atomic E-state index is 0.586. The lowest BCUT2D eigenvalue weighted by Crippen LogP contribution is -2.00. The van der Waals surface area contributed by atoms with Gasteiger partial charge in [0, 0.05) is 58.8 Å². The van der Waals surface area contributed by atoms with Crippen molar-refractivity contribution in [2.24, 2.45) is 0 Å². The summed E-state index contributed by atoms with van der Waals surface area (Å²) in [5.74, 6) is 1.82. The number of hydrogen-bond acceptors (Lipinski definition) is 5. The smallest absolute Gasteiger partial charge is 0.164 e. The van der Waals surface area contributed by atoms with Gasteiger partial charge in [-0.25, -0.2) is 15.0 Å². The van der Waals surface area contributed by atoms with Gasteiger partial charge >= 0.3 is 0 Å². The van der Waals surface area contributed by atoms with Crippen LogP contribution in [0.4, 0.5) is 0 Å². The number of furan rings is 1. The summed E-state index contributed by atoms with van der Waals surface area (Å²) in [6.07, 6.45) is 0. The summed E-state index contributed by atoms with van der Waals surface area (Å²) in [5.41, 5.74) is 10.8. The molecule has 56 heavy (non-hydrogen) atoms. The topological polar surface area (TPSA) is 51.8 Å². The van der Waals surface area contributed by atoms with E-state index >= 15 is 0 Å². The van der Waals surface area contributed by atoms with Crippen molar-refractivity contribution in [2.45, 2.75) is 0 Å². The third kappa shape index (κ3) is 5.48. The van der Waals surface area contributed by atoms with Crippen molar-refractivity contribution in [3.05, 3.63) is 188 Å². The molecule has 0 unspecified atom stereocenters. The number of fused-ring (bicyclic) bond motifs is 6. The van der Waals surface area contributed by atoms with Crippen LogP contribution in [0.25, 0.3) is 110 Å². The SMILES string of the molecule is c1ccc(-c2cc(-c3ccccc3)c3oc4c(-c5ccccc5)ccc(-c5nc(-c6ccccc6)nc(-c6ccc7sc8ccccc8c7c6)n5)c4c3c2)cc1. The van der Waals surface area contributed by atoms with Crippen molar-refractivity contribution in [2.75, 3.05) is 0 Å². The predicted molar refractivity (Wildman–Crippen MR) is 233 cm³/mol. The van der Waals surface area contributed by atoms with Crippen LogP contribution in [-0.2, 0) is 0 Å². The molecule has 0 saturated heterocycles. The molecule has 0 spiro atoms. The molecule has 262 valence electrons. The average molecular weight is 734 g/mol. The summed E-state index contributed by atoms with van der Waals surface area (Å²) in [4.78, 5) is 15.7. The molecule has 0 N–H and O–H groups in total. The molecular formula is C51H31N3OS. The molecule has 11 aromatic rings. The van der Waals surface area contributed by atoms with Crippen LogP contribution in [0.15, 0.2) is 192 Å². The van der Waals surface area contributed by atoms with Gasteiger partial charge in [-0.2, -0.15) is 0 Å². The number of thiophene rings is 1. The molecule has 0 aliphatic heterocycles. The van der Waals surface area contributed by atoms with Gasteiger partial charge in [0.15, 0.2) is 17.5 Å². The summed E-state index contributed by atoms with van der Waals surface area (Å²) in [7, 11) is 0. The Morgan fingerprint density at radius 2 is 0.857 bits per heavy atom. The van der Waals surface area contributed by atoms with Crippen LogP contribution in [0.5, 0.6) is 0 Å². The monoisotopic (exact) mass is 733 g/mol. The average Bonchev–Trinajstić information content (AvgIpc) is 3.85. The van der Waals surface area contributed by atoms with Crippen LogP contribution in [0, 0.1) is 0 Å². The van der Waals surface area contributed by atoms with Crippen molar-refractivity contribution >= 4 is 53.4 Å². The van der Waals surface area contributed by atoms with Gasteiger partial charge in [0.05, 0.1) is 0 Å². The van der Waals surface area contributed by atoms with Crippen LogP contribution in [0.2, 0.25) is 0 Å². The molecule has 3 heterocycles. The van der Waals surface area contributed by atoms with E-state index in [1.54, 1.807) is 11.3 Å². The summed E-state index contributed by atoms with van der Waals surface area (Å²) in [5, 5.41) is 4.40. The molecule has 0 radical (unpaired) electrons. The third-order valence-electron chi connectivity index (χ3n) is 10.5. The lowest BCUT2D eigenvalue weighted by Gasteiger charge is -2.11. The Hall–Kier alpha value is -7.21. The highest BCUT2D eigenvalue weighted by molar-refractivity contribution is 7.25. The van der Waals surface area contributed by atoms with Crippen molar-refractivity contribution < 1.29 is 4.42 Å². The van der Waals surface area contributed by atoms with Crippen molar-refractivity contribution in [1.29, 1.82) is 0 Å². The largest absolute Gasteiger partial charge is 0.455 e. The Morgan fingerprint density at radius 1 is 0.321 bits per heavy atom. The number of aromatic nitrogens is 3. The lowest BCUT2D eigenvalue weighted by molar-refractivity contribution is 0.671. The maximum atomic E-state index is 7.12. The molecular weight excluding hydrogens is 703 g/mol. The van der Waals surface area contributed by atoms with Crippen molar-refractivity contribution in [3.63, 3.8) is 0 Å². The normalized spacial score (nSPS) is 11.6. The number of benzene rings is 8. The molecule has 0 bridgehead atoms. The first-order chi connectivity index (χ1) is 27.7. The minimum Gasteiger partial charge on any atom is -0.455 e. The fourth-order valence-electron chi connectivity index (χ4n) is 7.85. The zero-order chi connectivity index (χ0) is 37.0. The van der Waals surface area contributed by atoms with Gasteiger partial charge in [0.1, 0.15) is 11.2 Å². The molecule has 5 heteroatoms. The van der Waals surface area contributed by atoms with E-state index in [0.717, 1.165) is 72.0 Å². The molecule has 0 saturated carbocycles. The Labute approximate surface area is 327 Å². The molecule has 8 aromatic carbocycles. The standard InChI is InChI=1S/C51H31N3OS/c1-5-15-32(16-6-1)37-30-41(34-19-9-3-10-20-34)47-43(31-37)46-40(27-26-38(48(46)55-47)33-17-7-2-8-18-33)51-53-49(35-21-11-4-12-22-35)52-50(54-51)36-25-28-45-42(29-36)39-23-13-14-24-44(39)56-45/h1-31H. The van der Waals surface area contributed by atoms with E-state index in [1.165, 1.54) is 20.2 Å². The van der Waals surface area contributed by atoms with Crippen LogP contribution >= 0.6 is 11.3 Å². The van der Waals surface area contributed by atoms with Gasteiger partial charge < -0.3 is 4.42 Å². The van der Waals surface area contributed by atoms with Gasteiger partial charge in [-0.15, -0.1) is 11.3 Å². The fourth-order valence-corrected chi connectivity index (χ4v) is 8.94. The Morgan fingerprint density at radius 3 is 1.57 bits per heavy atom. The lowest BCUT2D eigenvalue weighted by atomic mass is 9.93. The first-order valence-corrected chi connectivity index (χ1v) is 19.5. The summed E-state index contributed by atoms with van der Waals surface area (Å²) >= 11 is 1.80. The molecule has 0 aliphatic carbocycles.